The van der Waals surface area contributed by atoms with Crippen LogP contribution in [0, 0.1) is 40.9 Å². The van der Waals surface area contributed by atoms with Crippen molar-refractivity contribution in [2.75, 3.05) is 46.1 Å². The summed E-state index contributed by atoms with van der Waals surface area (Å²) in [5, 5.41) is 78.4. The number of aliphatic hydroxyl groups is 5. The smallest absolute Gasteiger partial charge is 0.200 e. The van der Waals surface area contributed by atoms with Gasteiger partial charge >= 0.3 is 0 Å². The Bertz CT molecular complexity index is 1770. The zero-order chi connectivity index (χ0) is 41.9. The summed E-state index contributed by atoms with van der Waals surface area (Å²) in [5.41, 5.74) is 2.17. The van der Waals surface area contributed by atoms with Crippen molar-refractivity contribution in [2.45, 2.75) is 107 Å². The Morgan fingerprint density at radius 2 is 1.78 bits per heavy atom. The van der Waals surface area contributed by atoms with Gasteiger partial charge in [-0.15, -0.1) is 5.92 Å². The number of hydrogen-bond acceptors (Lipinski definition) is 14. The number of aliphatic hydroxyl groups excluding tert-OH is 5. The zero-order valence-corrected chi connectivity index (χ0v) is 35.9. The van der Waals surface area contributed by atoms with Crippen LogP contribution in [-0.4, -0.2) is 106 Å². The van der Waals surface area contributed by atoms with E-state index in [0.717, 1.165) is 62.7 Å². The first-order valence-corrected chi connectivity index (χ1v) is 23.5. The molecule has 1 spiro atoms. The second-order valence-electron chi connectivity index (χ2n) is 16.7. The third-order valence-electron chi connectivity index (χ3n) is 12.6. The van der Waals surface area contributed by atoms with Crippen LogP contribution < -0.4 is 19.5 Å². The van der Waals surface area contributed by atoms with Gasteiger partial charge in [-0.05, 0) is 129 Å². The number of ether oxygens (including phenoxy) is 4. The van der Waals surface area contributed by atoms with Crippen LogP contribution >= 0.6 is 21.6 Å². The van der Waals surface area contributed by atoms with E-state index < -0.39 is 37.8 Å². The number of benzene rings is 2. The highest BCUT2D eigenvalue weighted by atomic mass is 33.1. The molecule has 0 bridgehead atoms. The van der Waals surface area contributed by atoms with Crippen LogP contribution in [0.2, 0.25) is 0 Å². The molecule has 2 aliphatic carbocycles. The lowest BCUT2D eigenvalue weighted by molar-refractivity contribution is -0.0808. The molecule has 0 saturated heterocycles. The Morgan fingerprint density at radius 1 is 0.949 bits per heavy atom. The van der Waals surface area contributed by atoms with Gasteiger partial charge in [-0.25, -0.2) is 0 Å². The highest BCUT2D eigenvalue weighted by Crippen LogP contribution is 2.51. The second kappa shape index (κ2) is 21.8. The Morgan fingerprint density at radius 3 is 2.54 bits per heavy atom. The standard InChI is InChI=1S/C45H63NO11S2/c1-28-6-5-13-45(23-28)12-3-4-14-46-24-31-8-10-33(20-36(31)45)57-40-19-30-7-9-32(55-26-48)21-37(50)35(16-29-17-41(54-2)44(53)42(18-29)56-27-49)39(52)25-58-59-43(11-15-47)34(30)22-38(40)51/h5,13,17-19,22,28,31-33,35-37,39,43,46-53H,4,6-11,14-16,20-21,23-27H2,1-2H3. The van der Waals surface area contributed by atoms with Gasteiger partial charge in [0.2, 0.25) is 5.75 Å². The van der Waals surface area contributed by atoms with Crippen LogP contribution in [0.1, 0.15) is 86.7 Å². The Kier molecular flexibility index (Phi) is 16.9. The second-order valence-corrected chi connectivity index (χ2v) is 19.3. The molecule has 326 valence electrons. The van der Waals surface area contributed by atoms with Crippen molar-refractivity contribution in [3.63, 3.8) is 0 Å². The summed E-state index contributed by atoms with van der Waals surface area (Å²) in [4.78, 5) is 0. The normalized spacial score (nSPS) is 31.7. The van der Waals surface area contributed by atoms with Gasteiger partial charge in [0.15, 0.2) is 29.8 Å². The molecule has 2 aliphatic heterocycles. The number of hydrogen-bond donors (Lipinski definition) is 8. The van der Waals surface area contributed by atoms with Gasteiger partial charge in [0.05, 0.1) is 36.9 Å². The van der Waals surface area contributed by atoms with Crippen LogP contribution in [0.4, 0.5) is 0 Å². The van der Waals surface area contributed by atoms with Crippen LogP contribution in [0.25, 0.3) is 0 Å². The highest BCUT2D eigenvalue weighted by molar-refractivity contribution is 8.76. The minimum absolute atomic E-state index is 0.00701. The minimum atomic E-state index is -1.06. The summed E-state index contributed by atoms with van der Waals surface area (Å²) < 4.78 is 23.1. The molecule has 4 aliphatic rings. The van der Waals surface area contributed by atoms with Gasteiger partial charge in [-0.1, -0.05) is 46.6 Å². The van der Waals surface area contributed by atoms with Gasteiger partial charge in [-0.3, -0.25) is 0 Å². The van der Waals surface area contributed by atoms with Crippen molar-refractivity contribution in [2.24, 2.45) is 29.1 Å². The third kappa shape index (κ3) is 11.6. The SMILES string of the molecule is COc1cc(CC2C(O)CSSC(CCO)c3cc(O)c(OC4CCC5CNCCC#CC6(C=CCC(C)C6)C5C4)cc3CCC(OCO)CC2O)cc(OCO)c1O. The molecular weight excluding hydrogens is 795 g/mol. The minimum Gasteiger partial charge on any atom is -0.504 e. The van der Waals surface area contributed by atoms with E-state index in [9.17, 15) is 35.7 Å². The fourth-order valence-electron chi connectivity index (χ4n) is 9.67. The molecule has 2 aromatic carbocycles. The number of nitrogens with one attached hydrogen (secondary N) is 1. The van der Waals surface area contributed by atoms with Crippen molar-refractivity contribution in [3.05, 3.63) is 53.1 Å². The molecule has 2 aromatic rings. The molecule has 14 heteroatoms. The van der Waals surface area contributed by atoms with Crippen molar-refractivity contribution >= 4 is 21.6 Å². The number of fused-ring (bicyclic) bond motifs is 3. The number of aromatic hydroxyl groups is 2. The van der Waals surface area contributed by atoms with Gasteiger partial charge in [0.1, 0.15) is 6.79 Å². The van der Waals surface area contributed by atoms with E-state index in [-0.39, 0.29) is 65.0 Å². The van der Waals surface area contributed by atoms with Crippen LogP contribution in [-0.2, 0) is 17.6 Å². The zero-order valence-electron chi connectivity index (χ0n) is 34.3. The molecule has 0 radical (unpaired) electrons. The van der Waals surface area contributed by atoms with Crippen molar-refractivity contribution in [1.82, 2.24) is 5.32 Å². The summed E-state index contributed by atoms with van der Waals surface area (Å²) in [5.74, 6) is 8.41. The van der Waals surface area contributed by atoms with E-state index in [1.54, 1.807) is 18.2 Å². The molecule has 6 rings (SSSR count). The summed E-state index contributed by atoms with van der Waals surface area (Å²) in [6.07, 6.45) is 9.14. The monoisotopic (exact) mass is 857 g/mol. The average Bonchev–Trinajstić information content (AvgIpc) is 3.29. The molecule has 2 heterocycles. The van der Waals surface area contributed by atoms with Crippen LogP contribution in [0.15, 0.2) is 36.4 Å². The quantitative estimate of drug-likeness (QED) is 0.0601. The maximum absolute atomic E-state index is 11.7. The average molecular weight is 858 g/mol. The topological polar surface area (TPSA) is 191 Å². The highest BCUT2D eigenvalue weighted by Gasteiger charge is 2.46. The molecule has 8 N–H and O–H groups in total. The summed E-state index contributed by atoms with van der Waals surface area (Å²) >= 11 is 0. The van der Waals surface area contributed by atoms with Gasteiger partial charge < -0.3 is 60.0 Å². The lowest BCUT2D eigenvalue weighted by atomic mass is 9.59. The van der Waals surface area contributed by atoms with E-state index in [1.807, 2.05) is 6.07 Å². The molecule has 10 atom stereocenters. The first-order valence-electron chi connectivity index (χ1n) is 21.1. The number of phenols is 2. The number of methoxy groups -OCH3 is 1. The van der Waals surface area contributed by atoms with Crippen molar-refractivity contribution in [3.8, 4) is 40.6 Å². The Balaban J connectivity index is 1.26. The first kappa shape index (κ1) is 45.7. The van der Waals surface area contributed by atoms with E-state index in [0.29, 0.717) is 48.3 Å². The van der Waals surface area contributed by atoms with Crippen LogP contribution in [0.5, 0.6) is 28.7 Å². The molecule has 10 unspecified atom stereocenters. The molecule has 12 nitrogen and oxygen atoms in total. The lowest BCUT2D eigenvalue weighted by Gasteiger charge is -2.46. The van der Waals surface area contributed by atoms with Crippen molar-refractivity contribution < 1.29 is 54.7 Å². The predicted molar refractivity (Wildman–Crippen MR) is 230 cm³/mol. The van der Waals surface area contributed by atoms with Crippen LogP contribution in [0.3, 0.4) is 0 Å². The Hall–Kier alpha value is -2.84. The fourth-order valence-corrected chi connectivity index (χ4v) is 12.6. The lowest BCUT2D eigenvalue weighted by Crippen LogP contribution is -2.45. The van der Waals surface area contributed by atoms with E-state index in [1.165, 1.54) is 28.7 Å². The summed E-state index contributed by atoms with van der Waals surface area (Å²) in [7, 11) is 4.32. The predicted octanol–water partition coefficient (Wildman–Crippen LogP) is 5.62. The molecule has 1 fully saturated rings. The van der Waals surface area contributed by atoms with Crippen molar-refractivity contribution in [1.29, 1.82) is 0 Å². The number of rotatable bonds is 11. The molecule has 0 aromatic heterocycles. The number of phenolic OH excluding ortho intramolecular Hbond substituents is 2. The Labute approximate surface area is 356 Å². The number of allylic oxidation sites excluding steroid dienone is 2. The van der Waals surface area contributed by atoms with E-state index >= 15 is 0 Å². The first-order chi connectivity index (χ1) is 28.6. The molecule has 0 amide bonds. The van der Waals surface area contributed by atoms with E-state index in [4.69, 9.17) is 18.9 Å². The van der Waals surface area contributed by atoms with E-state index in [2.05, 4.69) is 36.2 Å². The molecule has 1 saturated carbocycles. The maximum Gasteiger partial charge on any atom is 0.200 e. The fraction of sp³-hybridized carbons (Fsp3) is 0.644. The van der Waals surface area contributed by atoms with Gasteiger partial charge in [0.25, 0.3) is 0 Å². The summed E-state index contributed by atoms with van der Waals surface area (Å²) in [6.45, 7) is 2.84. The largest absolute Gasteiger partial charge is 0.504 e. The van der Waals surface area contributed by atoms with Gasteiger partial charge in [0, 0.05) is 36.5 Å². The number of aryl methyl sites for hydroxylation is 1. The summed E-state index contributed by atoms with van der Waals surface area (Å²) in [6, 6.07) is 6.82. The van der Waals surface area contributed by atoms with Gasteiger partial charge in [-0.2, -0.15) is 0 Å². The molecule has 59 heavy (non-hydrogen) atoms. The third-order valence-corrected chi connectivity index (χ3v) is 15.5. The maximum atomic E-state index is 11.7. The molecular formula is C45H63NO11S2.